The number of para-hydroxylation sites is 2. The smallest absolute Gasteiger partial charge is 0.261 e. The van der Waals surface area contributed by atoms with Gasteiger partial charge in [0.15, 0.2) is 0 Å². The number of hydrogen-bond donors (Lipinski definition) is 2. The van der Waals surface area contributed by atoms with Crippen LogP contribution in [0.4, 0.5) is 5.69 Å². The van der Waals surface area contributed by atoms with Crippen LogP contribution in [0.2, 0.25) is 5.02 Å². The second-order valence-corrected chi connectivity index (χ2v) is 7.86. The van der Waals surface area contributed by atoms with E-state index in [1.807, 2.05) is 36.4 Å². The van der Waals surface area contributed by atoms with E-state index in [2.05, 4.69) is 14.7 Å². The molecule has 0 aliphatic rings. The molecule has 0 saturated heterocycles. The molecule has 0 bridgehead atoms. The lowest BCUT2D eigenvalue weighted by Crippen LogP contribution is -2.12. The molecule has 0 radical (unpaired) electrons. The summed E-state index contributed by atoms with van der Waals surface area (Å²) in [6.45, 7) is 0. The number of hydrogen-bond acceptors (Lipinski definition) is 3. The van der Waals surface area contributed by atoms with Crippen LogP contribution in [0.5, 0.6) is 0 Å². The minimum absolute atomic E-state index is 0.156. The van der Waals surface area contributed by atoms with E-state index in [1.54, 1.807) is 24.3 Å². The van der Waals surface area contributed by atoms with Crippen molar-refractivity contribution in [3.8, 4) is 11.4 Å². The average molecular weight is 384 g/mol. The van der Waals surface area contributed by atoms with Crippen LogP contribution in [0.25, 0.3) is 22.4 Å². The molecule has 7 heteroatoms. The Kier molecular flexibility index (Phi) is 4.14. The summed E-state index contributed by atoms with van der Waals surface area (Å²) in [6, 6.07) is 20.8. The first-order chi connectivity index (χ1) is 12.5. The first-order valence-electron chi connectivity index (χ1n) is 7.85. The Balaban J connectivity index is 1.58. The van der Waals surface area contributed by atoms with Gasteiger partial charge in [-0.2, -0.15) is 0 Å². The van der Waals surface area contributed by atoms with Crippen LogP contribution in [0, 0.1) is 0 Å². The second-order valence-electron chi connectivity index (χ2n) is 5.74. The molecule has 3 aromatic carbocycles. The number of fused-ring (bicyclic) bond motifs is 1. The van der Waals surface area contributed by atoms with Gasteiger partial charge in [0, 0.05) is 16.3 Å². The number of halogens is 1. The van der Waals surface area contributed by atoms with Crippen molar-refractivity contribution < 1.29 is 8.42 Å². The van der Waals surface area contributed by atoms with E-state index < -0.39 is 10.0 Å². The van der Waals surface area contributed by atoms with Crippen molar-refractivity contribution in [3.63, 3.8) is 0 Å². The molecule has 4 rings (SSSR count). The predicted octanol–water partition coefficient (Wildman–Crippen LogP) is 4.68. The van der Waals surface area contributed by atoms with E-state index in [0.29, 0.717) is 10.7 Å². The van der Waals surface area contributed by atoms with E-state index in [-0.39, 0.29) is 4.90 Å². The highest BCUT2D eigenvalue weighted by Crippen LogP contribution is 2.23. The molecule has 0 saturated carbocycles. The molecule has 0 aliphatic carbocycles. The summed E-state index contributed by atoms with van der Waals surface area (Å²) in [5, 5.41) is 0.485. The zero-order chi connectivity index (χ0) is 18.1. The second kappa shape index (κ2) is 6.48. The highest BCUT2D eigenvalue weighted by molar-refractivity contribution is 7.92. The number of imidazole rings is 1. The highest BCUT2D eigenvalue weighted by Gasteiger charge is 2.14. The molecule has 1 heterocycles. The summed E-state index contributed by atoms with van der Waals surface area (Å²) in [7, 11) is -3.66. The number of nitrogens with zero attached hydrogens (tertiary/aromatic N) is 1. The Labute approximate surface area is 155 Å². The lowest BCUT2D eigenvalue weighted by Gasteiger charge is -2.08. The van der Waals surface area contributed by atoms with Crippen LogP contribution >= 0.6 is 11.6 Å². The van der Waals surface area contributed by atoms with Gasteiger partial charge >= 0.3 is 0 Å². The zero-order valence-corrected chi connectivity index (χ0v) is 15.1. The van der Waals surface area contributed by atoms with Gasteiger partial charge in [0.25, 0.3) is 10.0 Å². The first kappa shape index (κ1) is 16.6. The van der Waals surface area contributed by atoms with E-state index >= 15 is 0 Å². The maximum absolute atomic E-state index is 12.4. The molecule has 0 amide bonds. The van der Waals surface area contributed by atoms with Gasteiger partial charge in [-0.1, -0.05) is 23.7 Å². The van der Waals surface area contributed by atoms with Crippen LogP contribution < -0.4 is 4.72 Å². The van der Waals surface area contributed by atoms with Gasteiger partial charge in [-0.25, -0.2) is 13.4 Å². The van der Waals surface area contributed by atoms with E-state index in [0.717, 1.165) is 22.4 Å². The molecule has 0 aliphatic heterocycles. The van der Waals surface area contributed by atoms with Crippen molar-refractivity contribution >= 4 is 38.3 Å². The molecule has 26 heavy (non-hydrogen) atoms. The van der Waals surface area contributed by atoms with Crippen molar-refractivity contribution in [2.75, 3.05) is 4.72 Å². The fourth-order valence-electron chi connectivity index (χ4n) is 2.61. The van der Waals surface area contributed by atoms with Gasteiger partial charge in [-0.05, 0) is 60.7 Å². The van der Waals surface area contributed by atoms with Gasteiger partial charge in [-0.3, -0.25) is 4.72 Å². The fourth-order valence-corrected chi connectivity index (χ4v) is 3.80. The van der Waals surface area contributed by atoms with Crippen LogP contribution in [0.1, 0.15) is 0 Å². The molecular weight excluding hydrogens is 370 g/mol. The highest BCUT2D eigenvalue weighted by atomic mass is 35.5. The summed E-state index contributed by atoms with van der Waals surface area (Å²) >= 11 is 5.80. The molecule has 5 nitrogen and oxygen atoms in total. The van der Waals surface area contributed by atoms with Gasteiger partial charge in [-0.15, -0.1) is 0 Å². The number of rotatable bonds is 4. The number of aromatic nitrogens is 2. The molecule has 0 spiro atoms. The van der Waals surface area contributed by atoms with Crippen molar-refractivity contribution in [1.82, 2.24) is 9.97 Å². The Morgan fingerprint density at radius 3 is 2.27 bits per heavy atom. The molecule has 0 atom stereocenters. The summed E-state index contributed by atoms with van der Waals surface area (Å²) in [5.74, 6) is 0.735. The number of benzene rings is 3. The van der Waals surface area contributed by atoms with Crippen molar-refractivity contribution in [2.45, 2.75) is 4.90 Å². The van der Waals surface area contributed by atoms with Gasteiger partial charge in [0.1, 0.15) is 5.82 Å². The summed E-state index contributed by atoms with van der Waals surface area (Å²) in [5.41, 5.74) is 3.18. The van der Waals surface area contributed by atoms with Crippen molar-refractivity contribution in [3.05, 3.63) is 77.8 Å². The SMILES string of the molecule is O=S(=O)(Nc1ccc(-c2nc3ccccc3[nH]2)cc1)c1ccc(Cl)cc1. The minimum Gasteiger partial charge on any atom is -0.338 e. The molecular formula is C19H14ClN3O2S. The molecule has 1 aromatic heterocycles. The van der Waals surface area contributed by atoms with Crippen molar-refractivity contribution in [2.24, 2.45) is 0 Å². The lowest BCUT2D eigenvalue weighted by molar-refractivity contribution is 0.601. The Morgan fingerprint density at radius 2 is 1.58 bits per heavy atom. The Hall–Kier alpha value is -2.83. The van der Waals surface area contributed by atoms with Crippen LogP contribution in [-0.4, -0.2) is 18.4 Å². The fraction of sp³-hybridized carbons (Fsp3) is 0. The number of H-pyrrole nitrogens is 1. The van der Waals surface area contributed by atoms with E-state index in [9.17, 15) is 8.42 Å². The predicted molar refractivity (Wildman–Crippen MR) is 104 cm³/mol. The molecule has 0 fully saturated rings. The monoisotopic (exact) mass is 383 g/mol. The number of aromatic amines is 1. The average Bonchev–Trinajstić information content (AvgIpc) is 3.06. The van der Waals surface area contributed by atoms with Crippen LogP contribution in [0.3, 0.4) is 0 Å². The number of sulfonamides is 1. The quantitative estimate of drug-likeness (QED) is 0.537. The third kappa shape index (κ3) is 3.29. The molecule has 0 unspecified atom stereocenters. The van der Waals surface area contributed by atoms with Crippen LogP contribution in [-0.2, 0) is 10.0 Å². The van der Waals surface area contributed by atoms with Gasteiger partial charge < -0.3 is 4.98 Å². The number of anilines is 1. The standard InChI is InChI=1S/C19H14ClN3O2S/c20-14-7-11-16(12-8-14)26(24,25)23-15-9-5-13(6-10-15)19-21-17-3-1-2-4-18(17)22-19/h1-12,23H,(H,21,22). The van der Waals surface area contributed by atoms with Gasteiger partial charge in [0.2, 0.25) is 0 Å². The molecule has 2 N–H and O–H groups in total. The summed E-state index contributed by atoms with van der Waals surface area (Å²) < 4.78 is 27.4. The minimum atomic E-state index is -3.66. The van der Waals surface area contributed by atoms with Crippen LogP contribution in [0.15, 0.2) is 77.7 Å². The zero-order valence-electron chi connectivity index (χ0n) is 13.5. The number of nitrogens with one attached hydrogen (secondary N) is 2. The maximum atomic E-state index is 12.4. The molecule has 4 aromatic rings. The lowest BCUT2D eigenvalue weighted by atomic mass is 10.2. The maximum Gasteiger partial charge on any atom is 0.261 e. The normalized spacial score (nSPS) is 11.6. The molecule has 130 valence electrons. The first-order valence-corrected chi connectivity index (χ1v) is 9.71. The third-order valence-corrected chi connectivity index (χ3v) is 5.57. The van der Waals surface area contributed by atoms with E-state index in [1.165, 1.54) is 12.1 Å². The van der Waals surface area contributed by atoms with E-state index in [4.69, 9.17) is 11.6 Å². The Bertz CT molecular complexity index is 1130. The summed E-state index contributed by atoms with van der Waals surface area (Å²) in [4.78, 5) is 7.94. The van der Waals surface area contributed by atoms with Gasteiger partial charge in [0.05, 0.1) is 15.9 Å². The Morgan fingerprint density at radius 1 is 0.885 bits per heavy atom. The topological polar surface area (TPSA) is 74.8 Å². The third-order valence-electron chi connectivity index (χ3n) is 3.92. The van der Waals surface area contributed by atoms with Crippen molar-refractivity contribution in [1.29, 1.82) is 0 Å². The summed E-state index contributed by atoms with van der Waals surface area (Å²) in [6.07, 6.45) is 0. The largest absolute Gasteiger partial charge is 0.338 e.